The number of halogens is 1. The van der Waals surface area contributed by atoms with E-state index >= 15 is 0 Å². The molecule has 2 aromatic rings. The van der Waals surface area contributed by atoms with Gasteiger partial charge in [0.15, 0.2) is 0 Å². The molecule has 0 aliphatic heterocycles. The molecule has 1 unspecified atom stereocenters. The van der Waals surface area contributed by atoms with Gasteiger partial charge in [-0.15, -0.1) is 0 Å². The smallest absolute Gasteiger partial charge is 0.251 e. The standard InChI is InChI=1S/C17H17ClN4O2/c18-14-7-12(1-2-13(14)8-19)17(24)21-15-5-11(6-16(15)23)9-22-4-3-20-10-22/h1-4,7,10-11,15-16,23H,5-6,9H2,(H,21,24)/t11?,15-,16-/m1/s1. The Balaban J connectivity index is 1.62. The number of nitrogens with one attached hydrogen (secondary N) is 1. The van der Waals surface area contributed by atoms with Crippen molar-refractivity contribution < 1.29 is 9.90 Å². The van der Waals surface area contributed by atoms with Gasteiger partial charge in [0.05, 0.1) is 29.1 Å². The highest BCUT2D eigenvalue weighted by molar-refractivity contribution is 6.32. The Labute approximate surface area is 144 Å². The Bertz CT molecular complexity index is 769. The molecule has 2 N–H and O–H groups in total. The molecule has 1 aliphatic rings. The fourth-order valence-electron chi connectivity index (χ4n) is 3.11. The van der Waals surface area contributed by atoms with Gasteiger partial charge in [-0.25, -0.2) is 4.98 Å². The number of hydrogen-bond donors (Lipinski definition) is 2. The Kier molecular flexibility index (Phi) is 4.84. The van der Waals surface area contributed by atoms with E-state index in [1.807, 2.05) is 16.8 Å². The largest absolute Gasteiger partial charge is 0.391 e. The Hall–Kier alpha value is -2.36. The van der Waals surface area contributed by atoms with Crippen molar-refractivity contribution in [2.75, 3.05) is 0 Å². The van der Waals surface area contributed by atoms with E-state index in [0.29, 0.717) is 24.0 Å². The molecule has 1 heterocycles. The van der Waals surface area contributed by atoms with E-state index < -0.39 is 6.10 Å². The SMILES string of the molecule is N#Cc1ccc(C(=O)N[C@@H]2CC(Cn3ccnc3)C[C@H]2O)cc1Cl. The first-order chi connectivity index (χ1) is 11.6. The number of carbonyl (C=O) groups excluding carboxylic acids is 1. The van der Waals surface area contributed by atoms with Crippen molar-refractivity contribution in [3.63, 3.8) is 0 Å². The molecule has 124 valence electrons. The van der Waals surface area contributed by atoms with Crippen molar-refractivity contribution in [1.82, 2.24) is 14.9 Å². The molecular formula is C17H17ClN4O2. The number of benzene rings is 1. The van der Waals surface area contributed by atoms with Gasteiger partial charge in [-0.2, -0.15) is 5.26 Å². The summed E-state index contributed by atoms with van der Waals surface area (Å²) in [5.41, 5.74) is 0.707. The minimum absolute atomic E-state index is 0.245. The molecule has 1 saturated carbocycles. The molecule has 1 fully saturated rings. The fraction of sp³-hybridized carbons (Fsp3) is 0.353. The Morgan fingerprint density at radius 2 is 2.33 bits per heavy atom. The third-order valence-corrected chi connectivity index (χ3v) is 4.64. The zero-order chi connectivity index (χ0) is 17.1. The zero-order valence-electron chi connectivity index (χ0n) is 12.9. The highest BCUT2D eigenvalue weighted by Gasteiger charge is 2.34. The molecule has 0 spiro atoms. The minimum atomic E-state index is -0.573. The molecule has 1 aromatic carbocycles. The van der Waals surface area contributed by atoms with Crippen molar-refractivity contribution in [1.29, 1.82) is 5.26 Å². The van der Waals surface area contributed by atoms with E-state index in [2.05, 4.69) is 10.3 Å². The number of carbonyl (C=O) groups is 1. The van der Waals surface area contributed by atoms with Crippen LogP contribution in [-0.2, 0) is 6.54 Å². The van der Waals surface area contributed by atoms with E-state index in [1.165, 1.54) is 12.1 Å². The summed E-state index contributed by atoms with van der Waals surface area (Å²) in [6, 6.07) is 6.22. The summed E-state index contributed by atoms with van der Waals surface area (Å²) in [5, 5.41) is 22.2. The maximum absolute atomic E-state index is 12.3. The zero-order valence-corrected chi connectivity index (χ0v) is 13.6. The summed E-state index contributed by atoms with van der Waals surface area (Å²) >= 11 is 5.96. The normalized spacial score (nSPS) is 23.0. The first kappa shape index (κ1) is 16.5. The van der Waals surface area contributed by atoms with E-state index in [0.717, 1.165) is 6.54 Å². The Morgan fingerprint density at radius 3 is 3.00 bits per heavy atom. The number of rotatable bonds is 4. The number of nitriles is 1. The number of aromatic nitrogens is 2. The second kappa shape index (κ2) is 7.04. The van der Waals surface area contributed by atoms with Crippen LogP contribution in [0.5, 0.6) is 0 Å². The average Bonchev–Trinajstić information content (AvgIpc) is 3.18. The topological polar surface area (TPSA) is 90.9 Å². The molecule has 24 heavy (non-hydrogen) atoms. The lowest BCUT2D eigenvalue weighted by molar-refractivity contribution is 0.0873. The quantitative estimate of drug-likeness (QED) is 0.887. The lowest BCUT2D eigenvalue weighted by Gasteiger charge is -2.16. The van der Waals surface area contributed by atoms with Crippen LogP contribution in [0.1, 0.15) is 28.8 Å². The second-order valence-electron chi connectivity index (χ2n) is 6.05. The van der Waals surface area contributed by atoms with Gasteiger partial charge < -0.3 is 15.0 Å². The van der Waals surface area contributed by atoms with Gasteiger partial charge in [-0.3, -0.25) is 4.79 Å². The van der Waals surface area contributed by atoms with Crippen molar-refractivity contribution in [3.05, 3.63) is 53.1 Å². The summed E-state index contributed by atoms with van der Waals surface area (Å²) in [5.74, 6) is -0.0160. The predicted octanol–water partition coefficient (Wildman–Crippen LogP) is 1.98. The van der Waals surface area contributed by atoms with Crippen LogP contribution in [0.4, 0.5) is 0 Å². The van der Waals surface area contributed by atoms with Gasteiger partial charge in [0.2, 0.25) is 0 Å². The summed E-state index contributed by atoms with van der Waals surface area (Å²) in [6.45, 7) is 0.770. The van der Waals surface area contributed by atoms with Crippen molar-refractivity contribution in [3.8, 4) is 6.07 Å². The van der Waals surface area contributed by atoms with Gasteiger partial charge in [-0.1, -0.05) is 11.6 Å². The van der Waals surface area contributed by atoms with Crippen molar-refractivity contribution >= 4 is 17.5 Å². The van der Waals surface area contributed by atoms with Gasteiger partial charge in [-0.05, 0) is 37.0 Å². The van der Waals surface area contributed by atoms with Crippen LogP contribution < -0.4 is 5.32 Å². The number of aliphatic hydroxyl groups excluding tert-OH is 1. The van der Waals surface area contributed by atoms with Gasteiger partial charge in [0.25, 0.3) is 5.91 Å². The van der Waals surface area contributed by atoms with E-state index in [1.54, 1.807) is 18.6 Å². The minimum Gasteiger partial charge on any atom is -0.391 e. The molecule has 0 radical (unpaired) electrons. The van der Waals surface area contributed by atoms with Crippen LogP contribution >= 0.6 is 11.6 Å². The molecule has 3 atom stereocenters. The number of aliphatic hydroxyl groups is 1. The van der Waals surface area contributed by atoms with Crippen LogP contribution in [0, 0.1) is 17.2 Å². The fourth-order valence-corrected chi connectivity index (χ4v) is 3.34. The summed E-state index contributed by atoms with van der Waals surface area (Å²) in [7, 11) is 0. The van der Waals surface area contributed by atoms with Crippen LogP contribution in [0.3, 0.4) is 0 Å². The molecule has 1 aromatic heterocycles. The van der Waals surface area contributed by atoms with E-state index in [4.69, 9.17) is 16.9 Å². The summed E-state index contributed by atoms with van der Waals surface area (Å²) in [6.07, 6.45) is 6.12. The van der Waals surface area contributed by atoms with Crippen molar-refractivity contribution in [2.45, 2.75) is 31.5 Å². The molecule has 3 rings (SSSR count). The second-order valence-corrected chi connectivity index (χ2v) is 6.46. The first-order valence-electron chi connectivity index (χ1n) is 7.71. The molecule has 0 saturated heterocycles. The molecule has 1 amide bonds. The summed E-state index contributed by atoms with van der Waals surface area (Å²) < 4.78 is 1.97. The molecule has 7 heteroatoms. The highest BCUT2D eigenvalue weighted by atomic mass is 35.5. The number of amides is 1. The number of imidazole rings is 1. The van der Waals surface area contributed by atoms with Crippen LogP contribution in [0.25, 0.3) is 0 Å². The van der Waals surface area contributed by atoms with Crippen molar-refractivity contribution in [2.24, 2.45) is 5.92 Å². The van der Waals surface area contributed by atoms with E-state index in [-0.39, 0.29) is 22.9 Å². The lowest BCUT2D eigenvalue weighted by Crippen LogP contribution is -2.39. The van der Waals surface area contributed by atoms with Crippen LogP contribution in [-0.4, -0.2) is 32.7 Å². The first-order valence-corrected chi connectivity index (χ1v) is 8.09. The monoisotopic (exact) mass is 344 g/mol. The molecular weight excluding hydrogens is 328 g/mol. The Morgan fingerprint density at radius 1 is 1.50 bits per heavy atom. The van der Waals surface area contributed by atoms with Crippen LogP contribution in [0.2, 0.25) is 5.02 Å². The molecule has 0 bridgehead atoms. The highest BCUT2D eigenvalue weighted by Crippen LogP contribution is 2.28. The number of nitrogens with zero attached hydrogens (tertiary/aromatic N) is 3. The van der Waals surface area contributed by atoms with Crippen LogP contribution in [0.15, 0.2) is 36.9 Å². The molecule has 1 aliphatic carbocycles. The number of hydrogen-bond acceptors (Lipinski definition) is 4. The average molecular weight is 345 g/mol. The molecule has 6 nitrogen and oxygen atoms in total. The maximum Gasteiger partial charge on any atom is 0.251 e. The third-order valence-electron chi connectivity index (χ3n) is 4.32. The lowest BCUT2D eigenvalue weighted by atomic mass is 10.1. The maximum atomic E-state index is 12.3. The summed E-state index contributed by atoms with van der Waals surface area (Å²) in [4.78, 5) is 16.4. The van der Waals surface area contributed by atoms with Gasteiger partial charge in [0, 0.05) is 24.5 Å². The third kappa shape index (κ3) is 3.58. The predicted molar refractivity (Wildman–Crippen MR) is 88.4 cm³/mol. The van der Waals surface area contributed by atoms with Gasteiger partial charge >= 0.3 is 0 Å². The van der Waals surface area contributed by atoms with E-state index in [9.17, 15) is 9.90 Å². The van der Waals surface area contributed by atoms with Gasteiger partial charge in [0.1, 0.15) is 6.07 Å².